The van der Waals surface area contributed by atoms with Crippen molar-refractivity contribution in [3.05, 3.63) is 0 Å². The van der Waals surface area contributed by atoms with Crippen molar-refractivity contribution in [2.24, 2.45) is 0 Å². The highest BCUT2D eigenvalue weighted by Gasteiger charge is 2.32. The van der Waals surface area contributed by atoms with Gasteiger partial charge < -0.3 is 25.2 Å². The fourth-order valence-electron chi connectivity index (χ4n) is 0.818. The third-order valence-corrected chi connectivity index (χ3v) is 2.36. The van der Waals surface area contributed by atoms with Crippen LogP contribution in [0.4, 0.5) is 0 Å². The maximum atomic E-state index is 10.7. The summed E-state index contributed by atoms with van der Waals surface area (Å²) in [6.45, 7) is 0. The van der Waals surface area contributed by atoms with Gasteiger partial charge in [-0.25, -0.2) is 0 Å². The fraction of sp³-hybridized carbons (Fsp3) is 0.833. The highest BCUT2D eigenvalue weighted by molar-refractivity contribution is 7.85. The Hall–Kier alpha value is -0.580. The molecular formula is C6H12O8S. The zero-order valence-electron chi connectivity index (χ0n) is 8.42. The third-order valence-electron chi connectivity index (χ3n) is 1.61. The zero-order chi connectivity index (χ0) is 12.9. The quantitative estimate of drug-likeness (QED) is 0.229. The summed E-state index contributed by atoms with van der Waals surface area (Å²) in [5.41, 5.74) is 0. The molecule has 0 spiro atoms. The van der Waals surface area contributed by atoms with Crippen LogP contribution in [0.15, 0.2) is 0 Å². The Balaban J connectivity index is 4.50. The molecule has 0 aliphatic rings. The maximum absolute atomic E-state index is 10.7. The lowest BCUT2D eigenvalue weighted by Gasteiger charge is -2.23. The average Bonchev–Trinajstić information content (AvgIpc) is 2.25. The Morgan fingerprint density at radius 2 is 1.73 bits per heavy atom. The van der Waals surface area contributed by atoms with Crippen LogP contribution in [0.5, 0.6) is 0 Å². The predicted octanol–water partition coefficient (Wildman–Crippen LogP) is -3.48. The number of hydrogen-bond donors (Lipinski definition) is 5. The van der Waals surface area contributed by atoms with Crippen LogP contribution in [0.3, 0.4) is 0 Å². The Morgan fingerprint density at radius 3 is 2.13 bits per heavy atom. The van der Waals surface area contributed by atoms with Crippen LogP contribution in [-0.4, -0.2) is 69.9 Å². The number of hydrogen-bond acceptors (Lipinski definition) is 8. The summed E-state index contributed by atoms with van der Waals surface area (Å²) in [4.78, 5) is 10.0. The van der Waals surface area contributed by atoms with Crippen LogP contribution in [0.2, 0.25) is 0 Å². The first kappa shape index (κ1) is 12.5. The molecule has 9 heteroatoms. The van der Waals surface area contributed by atoms with Crippen molar-refractivity contribution in [2.45, 2.75) is 24.4 Å². The SMILES string of the molecule is [2H]OS(=O)(=O)C[C@@H](O)[C@@H](O)[C@H](O)[C@@H](O)C=O. The van der Waals surface area contributed by atoms with E-state index in [1.54, 1.807) is 0 Å². The minimum Gasteiger partial charge on any atom is -0.389 e. The molecule has 8 nitrogen and oxygen atoms in total. The van der Waals surface area contributed by atoms with E-state index in [1.807, 2.05) is 0 Å². The van der Waals surface area contributed by atoms with E-state index in [0.29, 0.717) is 0 Å². The van der Waals surface area contributed by atoms with Crippen LogP contribution in [-0.2, 0) is 14.9 Å². The Kier molecular flexibility index (Phi) is 4.57. The highest BCUT2D eigenvalue weighted by Crippen LogP contribution is 2.05. The van der Waals surface area contributed by atoms with Gasteiger partial charge in [0.1, 0.15) is 24.1 Å². The number of aldehydes is 1. The van der Waals surface area contributed by atoms with Gasteiger partial charge in [0.25, 0.3) is 10.1 Å². The highest BCUT2D eigenvalue weighted by atomic mass is 32.2. The van der Waals surface area contributed by atoms with Crippen LogP contribution in [0.25, 0.3) is 1.43 Å². The van der Waals surface area contributed by atoms with Crippen molar-refractivity contribution < 1.29 is 38.2 Å². The molecule has 0 rings (SSSR count). The first-order chi connectivity index (χ1) is 7.25. The molecule has 0 amide bonds. The van der Waals surface area contributed by atoms with Crippen molar-refractivity contribution in [1.82, 2.24) is 0 Å². The molecule has 0 bridgehead atoms. The Labute approximate surface area is 87.0 Å². The van der Waals surface area contributed by atoms with E-state index in [0.717, 1.165) is 0 Å². The van der Waals surface area contributed by atoms with Gasteiger partial charge in [0.05, 0.1) is 6.10 Å². The van der Waals surface area contributed by atoms with E-state index in [-0.39, 0.29) is 6.29 Å². The normalized spacial score (nSPS) is 21.2. The minimum atomic E-state index is -4.35. The van der Waals surface area contributed by atoms with E-state index < -0.39 is 40.3 Å². The topological polar surface area (TPSA) is 152 Å². The molecule has 0 aliphatic heterocycles. The van der Waals surface area contributed by atoms with Gasteiger partial charge in [-0.15, -0.1) is 0 Å². The summed E-state index contributed by atoms with van der Waals surface area (Å²) in [6.07, 6.45) is -8.14. The number of carbonyl (C=O) groups is 1. The lowest BCUT2D eigenvalue weighted by molar-refractivity contribution is -0.132. The second kappa shape index (κ2) is 5.49. The molecule has 0 aromatic rings. The molecule has 0 saturated heterocycles. The van der Waals surface area contributed by atoms with E-state index in [9.17, 15) is 13.2 Å². The Bertz CT molecular complexity index is 316. The standard InChI is InChI=1S/C6H12O8S/c7-1-3(8)5(10)6(11)4(9)2-15(12,13)14/h1,3-6,8-11H,2H2,(H,12,13,14)/t3-,4+,5+,6+/m0/s1/i/hD. The van der Waals surface area contributed by atoms with Crippen LogP contribution in [0.1, 0.15) is 0 Å². The van der Waals surface area contributed by atoms with E-state index in [4.69, 9.17) is 21.9 Å². The van der Waals surface area contributed by atoms with Gasteiger partial charge in [-0.3, -0.25) is 4.56 Å². The molecule has 0 aromatic heterocycles. The number of carbonyl (C=O) groups excluding carboxylic acids is 1. The van der Waals surface area contributed by atoms with Gasteiger partial charge in [0.15, 0.2) is 6.29 Å². The summed E-state index contributed by atoms with van der Waals surface area (Å²) >= 11 is 0. The molecule has 0 aromatic carbocycles. The van der Waals surface area contributed by atoms with E-state index in [1.165, 1.54) is 0 Å². The van der Waals surface area contributed by atoms with Gasteiger partial charge in [0, 0.05) is 0 Å². The molecule has 90 valence electrons. The summed E-state index contributed by atoms with van der Waals surface area (Å²) in [7, 11) is -4.35. The maximum Gasteiger partial charge on any atom is 0.267 e. The van der Waals surface area contributed by atoms with E-state index in [2.05, 4.69) is 4.56 Å². The first-order valence-corrected chi connectivity index (χ1v) is 5.38. The molecular weight excluding hydrogens is 232 g/mol. The van der Waals surface area contributed by atoms with Crippen LogP contribution >= 0.6 is 0 Å². The van der Waals surface area contributed by atoms with E-state index >= 15 is 0 Å². The summed E-state index contributed by atoms with van der Waals surface area (Å²) < 4.78 is 30.7. The molecule has 15 heavy (non-hydrogen) atoms. The number of rotatable bonds is 7. The first-order valence-electron chi connectivity index (χ1n) is 4.21. The Morgan fingerprint density at radius 1 is 1.20 bits per heavy atom. The molecule has 0 saturated carbocycles. The molecule has 0 aliphatic carbocycles. The van der Waals surface area contributed by atoms with Crippen molar-refractivity contribution in [3.8, 4) is 0 Å². The summed E-state index contributed by atoms with van der Waals surface area (Å²) in [5.74, 6) is -1.15. The number of aliphatic hydroxyl groups is 4. The van der Waals surface area contributed by atoms with Gasteiger partial charge >= 0.3 is 0 Å². The van der Waals surface area contributed by atoms with Gasteiger partial charge in [-0.05, 0) is 0 Å². The van der Waals surface area contributed by atoms with Crippen molar-refractivity contribution in [2.75, 3.05) is 5.75 Å². The fourth-order valence-corrected chi connectivity index (χ4v) is 1.43. The van der Waals surface area contributed by atoms with Gasteiger partial charge in [-0.1, -0.05) is 0 Å². The summed E-state index contributed by atoms with van der Waals surface area (Å²) in [6, 6.07) is 0. The van der Waals surface area contributed by atoms with Crippen molar-refractivity contribution >= 4 is 16.4 Å². The number of aliphatic hydroxyl groups excluding tert-OH is 4. The molecule has 4 atom stereocenters. The summed E-state index contributed by atoms with van der Waals surface area (Å²) in [5, 5.41) is 36.1. The molecule has 0 fully saturated rings. The smallest absolute Gasteiger partial charge is 0.267 e. The van der Waals surface area contributed by atoms with Gasteiger partial charge in [-0.2, -0.15) is 8.42 Å². The van der Waals surface area contributed by atoms with Crippen molar-refractivity contribution in [3.63, 3.8) is 0 Å². The molecule has 0 radical (unpaired) electrons. The second-order valence-corrected chi connectivity index (χ2v) is 4.35. The average molecular weight is 245 g/mol. The predicted molar refractivity (Wildman–Crippen MR) is 46.5 cm³/mol. The molecule has 0 unspecified atom stereocenters. The van der Waals surface area contributed by atoms with Crippen molar-refractivity contribution in [1.29, 1.82) is 1.43 Å². The third kappa shape index (κ3) is 5.16. The monoisotopic (exact) mass is 245 g/mol. The van der Waals surface area contributed by atoms with Crippen LogP contribution in [0, 0.1) is 0 Å². The second-order valence-electron chi connectivity index (χ2n) is 2.90. The molecule has 0 heterocycles. The van der Waals surface area contributed by atoms with Crippen LogP contribution < -0.4 is 0 Å². The largest absolute Gasteiger partial charge is 0.389 e. The molecule has 5 N–H and O–H groups in total. The lowest BCUT2D eigenvalue weighted by Crippen LogP contribution is -2.47. The lowest BCUT2D eigenvalue weighted by atomic mass is 10.1. The minimum absolute atomic E-state index is 0.0872. The zero-order valence-corrected chi connectivity index (χ0v) is 8.24. The van der Waals surface area contributed by atoms with Gasteiger partial charge in [0.2, 0.25) is 1.43 Å².